The van der Waals surface area contributed by atoms with Gasteiger partial charge in [-0.25, -0.2) is 9.78 Å². The van der Waals surface area contributed by atoms with E-state index >= 15 is 0 Å². The number of anilines is 1. The molecule has 0 unspecified atom stereocenters. The normalized spacial score (nSPS) is 10.9. The summed E-state index contributed by atoms with van der Waals surface area (Å²) >= 11 is 0. The van der Waals surface area contributed by atoms with Crippen LogP contribution in [0, 0.1) is 5.92 Å². The van der Waals surface area contributed by atoms with Crippen LogP contribution in [0.2, 0.25) is 0 Å². The fourth-order valence-electron chi connectivity index (χ4n) is 2.31. The minimum atomic E-state index is -1.11. The summed E-state index contributed by atoms with van der Waals surface area (Å²) in [6.07, 6.45) is 0. The van der Waals surface area contributed by atoms with Crippen LogP contribution in [0.25, 0.3) is 22.6 Å². The van der Waals surface area contributed by atoms with E-state index in [0.29, 0.717) is 28.2 Å². The first kappa shape index (κ1) is 17.5. The number of oxazole rings is 1. The van der Waals surface area contributed by atoms with Gasteiger partial charge in [-0.3, -0.25) is 4.79 Å². The summed E-state index contributed by atoms with van der Waals surface area (Å²) in [5, 5.41) is 11.7. The summed E-state index contributed by atoms with van der Waals surface area (Å²) in [7, 11) is 0. The SMILES string of the molecule is CC(C)C(=O)Nc1ccc(-c2nc3ccccc3o2)c(OCC(=O)O)c1. The van der Waals surface area contributed by atoms with E-state index in [-0.39, 0.29) is 17.6 Å². The van der Waals surface area contributed by atoms with Gasteiger partial charge >= 0.3 is 5.97 Å². The number of amides is 1. The highest BCUT2D eigenvalue weighted by Gasteiger charge is 2.16. The van der Waals surface area contributed by atoms with Crippen LogP contribution in [-0.4, -0.2) is 28.6 Å². The molecule has 1 heterocycles. The second-order valence-electron chi connectivity index (χ2n) is 6.02. The predicted octanol–water partition coefficient (Wildman–Crippen LogP) is 3.55. The highest BCUT2D eigenvalue weighted by Crippen LogP contribution is 2.34. The first-order valence-electron chi connectivity index (χ1n) is 8.09. The maximum Gasteiger partial charge on any atom is 0.341 e. The van der Waals surface area contributed by atoms with Crippen molar-refractivity contribution in [1.29, 1.82) is 0 Å². The smallest absolute Gasteiger partial charge is 0.341 e. The lowest BCUT2D eigenvalue weighted by molar-refractivity contribution is -0.139. The van der Waals surface area contributed by atoms with Crippen molar-refractivity contribution >= 4 is 28.7 Å². The Morgan fingerprint density at radius 2 is 2.00 bits per heavy atom. The largest absolute Gasteiger partial charge is 0.481 e. The number of rotatable bonds is 6. The average molecular weight is 354 g/mol. The number of aliphatic carboxylic acids is 1. The van der Waals surface area contributed by atoms with Crippen molar-refractivity contribution in [2.45, 2.75) is 13.8 Å². The number of ether oxygens (including phenoxy) is 1. The number of carboxylic acid groups (broad SMARTS) is 1. The highest BCUT2D eigenvalue weighted by atomic mass is 16.5. The fourth-order valence-corrected chi connectivity index (χ4v) is 2.31. The number of hydrogen-bond acceptors (Lipinski definition) is 5. The van der Waals surface area contributed by atoms with Crippen molar-refractivity contribution in [3.63, 3.8) is 0 Å². The molecule has 0 saturated carbocycles. The van der Waals surface area contributed by atoms with Gasteiger partial charge in [0.1, 0.15) is 11.3 Å². The molecule has 0 atom stereocenters. The summed E-state index contributed by atoms with van der Waals surface area (Å²) in [6, 6.07) is 12.2. The van der Waals surface area contributed by atoms with Crippen LogP contribution in [0.5, 0.6) is 5.75 Å². The minimum Gasteiger partial charge on any atom is -0.481 e. The summed E-state index contributed by atoms with van der Waals surface area (Å²) in [4.78, 5) is 27.2. The van der Waals surface area contributed by atoms with Gasteiger partial charge in [-0.15, -0.1) is 0 Å². The number of nitrogens with zero attached hydrogens (tertiary/aromatic N) is 1. The van der Waals surface area contributed by atoms with E-state index in [9.17, 15) is 9.59 Å². The number of carbonyl (C=O) groups excluding carboxylic acids is 1. The van der Waals surface area contributed by atoms with Gasteiger partial charge in [0.25, 0.3) is 0 Å². The minimum absolute atomic E-state index is 0.149. The first-order chi connectivity index (χ1) is 12.4. The molecule has 0 radical (unpaired) electrons. The second kappa shape index (κ2) is 7.26. The van der Waals surface area contributed by atoms with E-state index < -0.39 is 12.6 Å². The molecule has 2 N–H and O–H groups in total. The maximum atomic E-state index is 11.9. The Morgan fingerprint density at radius 1 is 1.23 bits per heavy atom. The molecule has 26 heavy (non-hydrogen) atoms. The third-order valence-corrected chi connectivity index (χ3v) is 3.65. The summed E-state index contributed by atoms with van der Waals surface area (Å²) in [5.74, 6) is -0.863. The highest BCUT2D eigenvalue weighted by molar-refractivity contribution is 5.92. The van der Waals surface area contributed by atoms with Gasteiger partial charge in [-0.2, -0.15) is 0 Å². The van der Waals surface area contributed by atoms with E-state index in [4.69, 9.17) is 14.3 Å². The van der Waals surface area contributed by atoms with Crippen molar-refractivity contribution in [1.82, 2.24) is 4.98 Å². The van der Waals surface area contributed by atoms with Crippen LogP contribution in [-0.2, 0) is 9.59 Å². The second-order valence-corrected chi connectivity index (χ2v) is 6.02. The molecular formula is C19H18N2O5. The van der Waals surface area contributed by atoms with Crippen LogP contribution in [0.1, 0.15) is 13.8 Å². The van der Waals surface area contributed by atoms with Crippen LogP contribution in [0.15, 0.2) is 46.9 Å². The van der Waals surface area contributed by atoms with Crippen LogP contribution in [0.3, 0.4) is 0 Å². The Hall–Kier alpha value is -3.35. The Kier molecular flexibility index (Phi) is 4.88. The molecule has 1 aromatic heterocycles. The molecule has 0 aliphatic heterocycles. The first-order valence-corrected chi connectivity index (χ1v) is 8.09. The third kappa shape index (κ3) is 3.83. The Bertz CT molecular complexity index is 928. The summed E-state index contributed by atoms with van der Waals surface area (Å²) in [6.45, 7) is 3.04. The predicted molar refractivity (Wildman–Crippen MR) is 96.0 cm³/mol. The number of para-hydroxylation sites is 2. The van der Waals surface area contributed by atoms with Gasteiger partial charge in [0, 0.05) is 17.7 Å². The molecule has 7 nitrogen and oxygen atoms in total. The third-order valence-electron chi connectivity index (χ3n) is 3.65. The number of carbonyl (C=O) groups is 2. The van der Waals surface area contributed by atoms with Crippen molar-refractivity contribution in [2.24, 2.45) is 5.92 Å². The van der Waals surface area contributed by atoms with Gasteiger partial charge in [0.05, 0.1) is 5.56 Å². The quantitative estimate of drug-likeness (QED) is 0.702. The average Bonchev–Trinajstić information content (AvgIpc) is 3.03. The summed E-state index contributed by atoms with van der Waals surface area (Å²) in [5.41, 5.74) is 2.31. The molecule has 0 saturated heterocycles. The number of aromatic nitrogens is 1. The number of benzene rings is 2. The molecule has 134 valence electrons. The molecule has 3 rings (SSSR count). The monoisotopic (exact) mass is 354 g/mol. The van der Waals surface area contributed by atoms with E-state index in [0.717, 1.165) is 0 Å². The Balaban J connectivity index is 1.99. The molecular weight excluding hydrogens is 336 g/mol. The lowest BCUT2D eigenvalue weighted by Gasteiger charge is -2.12. The molecule has 2 aromatic carbocycles. The zero-order valence-corrected chi connectivity index (χ0v) is 14.4. The lowest BCUT2D eigenvalue weighted by atomic mass is 10.1. The number of fused-ring (bicyclic) bond motifs is 1. The van der Waals surface area contributed by atoms with E-state index in [1.165, 1.54) is 0 Å². The molecule has 3 aromatic rings. The van der Waals surface area contributed by atoms with Crippen LogP contribution < -0.4 is 10.1 Å². The van der Waals surface area contributed by atoms with Gasteiger partial charge in [-0.1, -0.05) is 26.0 Å². The lowest BCUT2D eigenvalue weighted by Crippen LogP contribution is -2.18. The fraction of sp³-hybridized carbons (Fsp3) is 0.211. The standard InChI is InChI=1S/C19H18N2O5/c1-11(2)18(24)20-12-7-8-13(16(9-12)25-10-17(22)23)19-21-14-5-3-4-6-15(14)26-19/h3-9,11H,10H2,1-2H3,(H,20,24)(H,22,23). The van der Waals surface area contributed by atoms with Gasteiger partial charge in [0.15, 0.2) is 12.2 Å². The zero-order valence-electron chi connectivity index (χ0n) is 14.4. The number of hydrogen-bond donors (Lipinski definition) is 2. The van der Waals surface area contributed by atoms with Crippen molar-refractivity contribution in [2.75, 3.05) is 11.9 Å². The molecule has 1 amide bonds. The molecule has 0 spiro atoms. The van der Waals surface area contributed by atoms with Crippen LogP contribution >= 0.6 is 0 Å². The van der Waals surface area contributed by atoms with E-state index in [2.05, 4.69) is 10.3 Å². The molecule has 0 aliphatic carbocycles. The van der Waals surface area contributed by atoms with Crippen molar-refractivity contribution in [3.8, 4) is 17.2 Å². The van der Waals surface area contributed by atoms with Gasteiger partial charge in [-0.05, 0) is 24.3 Å². The van der Waals surface area contributed by atoms with Gasteiger partial charge in [0.2, 0.25) is 11.8 Å². The molecule has 7 heteroatoms. The maximum absolute atomic E-state index is 11.9. The number of nitrogens with one attached hydrogen (secondary N) is 1. The Morgan fingerprint density at radius 3 is 2.69 bits per heavy atom. The van der Waals surface area contributed by atoms with Crippen molar-refractivity contribution in [3.05, 3.63) is 42.5 Å². The zero-order chi connectivity index (χ0) is 18.7. The van der Waals surface area contributed by atoms with Crippen LogP contribution in [0.4, 0.5) is 5.69 Å². The van der Waals surface area contributed by atoms with Crippen molar-refractivity contribution < 1.29 is 23.8 Å². The Labute approximate surface area is 149 Å². The molecule has 0 aliphatic rings. The van der Waals surface area contributed by atoms with Gasteiger partial charge < -0.3 is 19.6 Å². The topological polar surface area (TPSA) is 102 Å². The number of carboxylic acids is 1. The van der Waals surface area contributed by atoms with E-state index in [1.54, 1.807) is 38.1 Å². The molecule has 0 fully saturated rings. The molecule has 0 bridgehead atoms. The van der Waals surface area contributed by atoms with E-state index in [1.807, 2.05) is 18.2 Å². The summed E-state index contributed by atoms with van der Waals surface area (Å²) < 4.78 is 11.1.